The lowest BCUT2D eigenvalue weighted by Crippen LogP contribution is -2.34. The maximum absolute atomic E-state index is 13.3. The number of rotatable bonds is 3. The van der Waals surface area contributed by atoms with Crippen LogP contribution in [0.5, 0.6) is 0 Å². The number of hydrogen-bond donors (Lipinski definition) is 2. The second-order valence-electron chi connectivity index (χ2n) is 6.19. The number of carbonyl (C=O) groups excluding carboxylic acids is 1. The maximum atomic E-state index is 13.3. The lowest BCUT2D eigenvalue weighted by molar-refractivity contribution is 0.0689. The van der Waals surface area contributed by atoms with Gasteiger partial charge in [-0.05, 0) is 36.8 Å². The molecule has 0 saturated heterocycles. The number of carboxylic acids is 1. The Labute approximate surface area is 121 Å². The summed E-state index contributed by atoms with van der Waals surface area (Å²) >= 11 is 0. The van der Waals surface area contributed by atoms with E-state index in [4.69, 9.17) is 5.11 Å². The van der Waals surface area contributed by atoms with Gasteiger partial charge in [0.15, 0.2) is 11.6 Å². The summed E-state index contributed by atoms with van der Waals surface area (Å²) in [6.45, 7) is 4.17. The second-order valence-corrected chi connectivity index (χ2v) is 6.19. The average molecular weight is 297 g/mol. The van der Waals surface area contributed by atoms with Gasteiger partial charge in [-0.3, -0.25) is 4.79 Å². The Balaban J connectivity index is 2.23. The number of carbonyl (C=O) groups is 2. The topological polar surface area (TPSA) is 66.4 Å². The molecule has 2 N–H and O–H groups in total. The van der Waals surface area contributed by atoms with Gasteiger partial charge in [-0.15, -0.1) is 0 Å². The zero-order valence-electron chi connectivity index (χ0n) is 11.9. The highest BCUT2D eigenvalue weighted by molar-refractivity contribution is 6.04. The van der Waals surface area contributed by atoms with Crippen molar-refractivity contribution in [3.8, 4) is 0 Å². The van der Waals surface area contributed by atoms with Gasteiger partial charge < -0.3 is 10.4 Å². The lowest BCUT2D eigenvalue weighted by atomic mass is 9.92. The van der Waals surface area contributed by atoms with E-state index >= 15 is 0 Å². The highest BCUT2D eigenvalue weighted by Crippen LogP contribution is 2.37. The molecule has 0 spiro atoms. The molecule has 0 heterocycles. The molecule has 0 aliphatic heterocycles. The minimum absolute atomic E-state index is 0.0812. The average Bonchev–Trinajstić information content (AvgIpc) is 2.71. The molecule has 1 aliphatic carbocycles. The van der Waals surface area contributed by atoms with E-state index in [1.807, 2.05) is 0 Å². The zero-order valence-corrected chi connectivity index (χ0v) is 11.9. The number of benzene rings is 1. The third-order valence-electron chi connectivity index (χ3n) is 3.84. The van der Waals surface area contributed by atoms with Crippen LogP contribution in [0.1, 0.15) is 53.8 Å². The summed E-state index contributed by atoms with van der Waals surface area (Å²) in [4.78, 5) is 23.2. The van der Waals surface area contributed by atoms with Crippen LogP contribution in [-0.4, -0.2) is 23.0 Å². The Morgan fingerprint density at radius 1 is 1.24 bits per heavy atom. The summed E-state index contributed by atoms with van der Waals surface area (Å²) in [5.74, 6) is -4.68. The van der Waals surface area contributed by atoms with Crippen molar-refractivity contribution in [1.82, 2.24) is 5.32 Å². The number of hydrogen-bond acceptors (Lipinski definition) is 2. The number of nitrogens with one attached hydrogen (secondary N) is 1. The molecule has 21 heavy (non-hydrogen) atoms. The molecule has 1 amide bonds. The molecule has 1 aromatic rings. The lowest BCUT2D eigenvalue weighted by Gasteiger charge is -2.18. The zero-order chi connectivity index (χ0) is 15.8. The highest BCUT2D eigenvalue weighted by atomic mass is 19.2. The van der Waals surface area contributed by atoms with E-state index in [-0.39, 0.29) is 17.0 Å². The van der Waals surface area contributed by atoms with E-state index in [9.17, 15) is 18.4 Å². The van der Waals surface area contributed by atoms with Gasteiger partial charge in [-0.1, -0.05) is 13.8 Å². The normalized spacial score (nSPS) is 20.3. The summed E-state index contributed by atoms with van der Waals surface area (Å²) in [6.07, 6.45) is 2.50. The molecule has 0 bridgehead atoms. The first-order valence-electron chi connectivity index (χ1n) is 6.73. The summed E-state index contributed by atoms with van der Waals surface area (Å²) in [7, 11) is 0. The number of carboxylic acid groups (broad SMARTS) is 1. The third-order valence-corrected chi connectivity index (χ3v) is 3.84. The van der Waals surface area contributed by atoms with Gasteiger partial charge in [0.2, 0.25) is 0 Å². The predicted octanol–water partition coefficient (Wildman–Crippen LogP) is 2.97. The fourth-order valence-corrected chi connectivity index (χ4v) is 2.73. The first kappa shape index (κ1) is 15.4. The van der Waals surface area contributed by atoms with Gasteiger partial charge in [-0.2, -0.15) is 0 Å². The smallest absolute Gasteiger partial charge is 0.336 e. The first-order valence-corrected chi connectivity index (χ1v) is 6.73. The summed E-state index contributed by atoms with van der Waals surface area (Å²) in [5, 5.41) is 11.7. The van der Waals surface area contributed by atoms with Crippen LogP contribution in [-0.2, 0) is 0 Å². The van der Waals surface area contributed by atoms with Gasteiger partial charge in [-0.25, -0.2) is 13.6 Å². The number of halogens is 2. The van der Waals surface area contributed by atoms with Crippen LogP contribution in [0.15, 0.2) is 12.1 Å². The molecule has 0 radical (unpaired) electrons. The molecule has 1 aromatic carbocycles. The molecule has 1 aliphatic rings. The van der Waals surface area contributed by atoms with Crippen molar-refractivity contribution in [1.29, 1.82) is 0 Å². The molecule has 1 unspecified atom stereocenters. The fourth-order valence-electron chi connectivity index (χ4n) is 2.73. The Hall–Kier alpha value is -1.98. The van der Waals surface area contributed by atoms with Gasteiger partial charge in [0.1, 0.15) is 0 Å². The van der Waals surface area contributed by atoms with Crippen LogP contribution in [0, 0.1) is 17.0 Å². The third kappa shape index (κ3) is 3.37. The van der Waals surface area contributed by atoms with Crippen LogP contribution in [0.3, 0.4) is 0 Å². The second kappa shape index (κ2) is 5.42. The highest BCUT2D eigenvalue weighted by Gasteiger charge is 2.32. The first-order chi connectivity index (χ1) is 9.69. The van der Waals surface area contributed by atoms with Crippen LogP contribution in [0.4, 0.5) is 8.78 Å². The number of aromatic carboxylic acids is 1. The van der Waals surface area contributed by atoms with Crippen LogP contribution < -0.4 is 5.32 Å². The summed E-state index contributed by atoms with van der Waals surface area (Å²) in [6, 6.07) is 1.08. The molecule has 2 rings (SSSR count). The van der Waals surface area contributed by atoms with Crippen LogP contribution in [0.2, 0.25) is 0 Å². The van der Waals surface area contributed by atoms with E-state index in [1.165, 1.54) is 0 Å². The van der Waals surface area contributed by atoms with Crippen molar-refractivity contribution < 1.29 is 23.5 Å². The number of amides is 1. The molecular formula is C15H17F2NO3. The minimum atomic E-state index is -1.47. The Kier molecular flexibility index (Phi) is 3.98. The Bertz CT molecular complexity index is 599. The van der Waals surface area contributed by atoms with Crippen molar-refractivity contribution >= 4 is 11.9 Å². The van der Waals surface area contributed by atoms with Gasteiger partial charge in [0, 0.05) is 6.04 Å². The predicted molar refractivity (Wildman–Crippen MR) is 72.2 cm³/mol. The molecule has 6 heteroatoms. The Morgan fingerprint density at radius 3 is 2.29 bits per heavy atom. The molecule has 1 atom stereocenters. The fraction of sp³-hybridized carbons (Fsp3) is 0.467. The monoisotopic (exact) mass is 297 g/mol. The molecule has 4 nitrogen and oxygen atoms in total. The van der Waals surface area contributed by atoms with E-state index in [2.05, 4.69) is 19.2 Å². The minimum Gasteiger partial charge on any atom is -0.478 e. The van der Waals surface area contributed by atoms with Crippen molar-refractivity contribution in [2.45, 2.75) is 39.2 Å². The van der Waals surface area contributed by atoms with Gasteiger partial charge >= 0.3 is 5.97 Å². The summed E-state index contributed by atoms with van der Waals surface area (Å²) < 4.78 is 26.4. The molecule has 0 aromatic heterocycles. The molecule has 114 valence electrons. The maximum Gasteiger partial charge on any atom is 0.336 e. The van der Waals surface area contributed by atoms with E-state index in [0.717, 1.165) is 19.3 Å². The van der Waals surface area contributed by atoms with Gasteiger partial charge in [0.25, 0.3) is 5.91 Å². The Morgan fingerprint density at radius 2 is 1.81 bits per heavy atom. The van der Waals surface area contributed by atoms with Crippen molar-refractivity contribution in [3.63, 3.8) is 0 Å². The van der Waals surface area contributed by atoms with E-state index in [1.54, 1.807) is 0 Å². The van der Waals surface area contributed by atoms with E-state index in [0.29, 0.717) is 12.1 Å². The molecule has 1 fully saturated rings. The van der Waals surface area contributed by atoms with Crippen molar-refractivity contribution in [2.75, 3.05) is 0 Å². The quantitative estimate of drug-likeness (QED) is 0.901. The SMILES string of the molecule is CC1(C)CCC(NC(=O)c2cc(F)c(F)cc2C(=O)O)C1. The van der Waals surface area contributed by atoms with Crippen molar-refractivity contribution in [3.05, 3.63) is 34.9 Å². The standard InChI is InChI=1S/C15H17F2NO3/c1-15(2)4-3-8(7-15)18-13(19)9-5-11(16)12(17)6-10(9)14(20)21/h5-6,8H,3-4,7H2,1-2H3,(H,18,19)(H,20,21). The summed E-state index contributed by atoms with van der Waals surface area (Å²) in [5.41, 5.74) is -0.781. The molecule has 1 saturated carbocycles. The van der Waals surface area contributed by atoms with E-state index < -0.39 is 29.1 Å². The largest absolute Gasteiger partial charge is 0.478 e. The van der Waals surface area contributed by atoms with Crippen LogP contribution in [0.25, 0.3) is 0 Å². The van der Waals surface area contributed by atoms with Crippen LogP contribution >= 0.6 is 0 Å². The molecular weight excluding hydrogens is 280 g/mol. The van der Waals surface area contributed by atoms with Gasteiger partial charge in [0.05, 0.1) is 11.1 Å². The van der Waals surface area contributed by atoms with Crippen molar-refractivity contribution in [2.24, 2.45) is 5.41 Å².